The van der Waals surface area contributed by atoms with E-state index in [2.05, 4.69) is 42.5 Å². The van der Waals surface area contributed by atoms with Gasteiger partial charge >= 0.3 is 0 Å². The molecule has 11 heteroatoms. The third-order valence-corrected chi connectivity index (χ3v) is 5.78. The lowest BCUT2D eigenvalue weighted by Crippen LogP contribution is -2.37. The maximum Gasteiger partial charge on any atom is 0.245 e. The Balaban J connectivity index is 0.00000253. The van der Waals surface area contributed by atoms with Gasteiger partial charge in [-0.05, 0) is 35.9 Å². The number of rotatable bonds is 5. The number of fused-ring (bicyclic) bond motifs is 1. The summed E-state index contributed by atoms with van der Waals surface area (Å²) in [5.74, 6) is 1.26. The molecule has 0 unspecified atom stereocenters. The minimum absolute atomic E-state index is 0. The fraction of sp³-hybridized carbons (Fsp3) is 0.208. The van der Waals surface area contributed by atoms with Crippen molar-refractivity contribution in [2.45, 2.75) is 0 Å². The number of nitrogens with one attached hydrogen (secondary N) is 1. The predicted octanol–water partition coefficient (Wildman–Crippen LogP) is 3.61. The SMILES string of the molecule is Cl.Cn1cc(-c2ccc3cnc(Nc4ccc(-n5cnc(N6CCOCC6)n5)cc4)nc3c2)cn1. The number of hydrogen-bond acceptors (Lipinski definition) is 8. The van der Waals surface area contributed by atoms with Crippen molar-refractivity contribution >= 4 is 40.9 Å². The van der Waals surface area contributed by atoms with E-state index in [1.54, 1.807) is 15.7 Å². The normalized spacial score (nSPS) is 13.6. The van der Waals surface area contributed by atoms with Crippen molar-refractivity contribution < 1.29 is 4.74 Å². The summed E-state index contributed by atoms with van der Waals surface area (Å²) in [7, 11) is 1.91. The zero-order valence-corrected chi connectivity index (χ0v) is 19.9. The molecule has 1 saturated heterocycles. The van der Waals surface area contributed by atoms with Gasteiger partial charge in [-0.1, -0.05) is 12.1 Å². The number of aryl methyl sites for hydroxylation is 1. The molecule has 2 aromatic carbocycles. The lowest BCUT2D eigenvalue weighted by Gasteiger charge is -2.25. The monoisotopic (exact) mass is 489 g/mol. The van der Waals surface area contributed by atoms with Gasteiger partial charge in [-0.2, -0.15) is 10.1 Å². The van der Waals surface area contributed by atoms with E-state index < -0.39 is 0 Å². The van der Waals surface area contributed by atoms with Gasteiger partial charge in [0.1, 0.15) is 6.33 Å². The number of morpholine rings is 1. The number of ether oxygens (including phenoxy) is 1. The third kappa shape index (κ3) is 4.79. The van der Waals surface area contributed by atoms with Crippen molar-refractivity contribution in [1.82, 2.24) is 34.5 Å². The van der Waals surface area contributed by atoms with Crippen molar-refractivity contribution in [3.8, 4) is 16.8 Å². The van der Waals surface area contributed by atoms with Crippen LogP contribution >= 0.6 is 12.4 Å². The van der Waals surface area contributed by atoms with Crippen molar-refractivity contribution in [2.75, 3.05) is 36.5 Å². The summed E-state index contributed by atoms with van der Waals surface area (Å²) in [6.45, 7) is 3.03. The van der Waals surface area contributed by atoms with E-state index >= 15 is 0 Å². The van der Waals surface area contributed by atoms with Crippen LogP contribution in [-0.4, -0.2) is 60.8 Å². The summed E-state index contributed by atoms with van der Waals surface area (Å²) < 4.78 is 8.97. The molecule has 0 saturated carbocycles. The van der Waals surface area contributed by atoms with Crippen LogP contribution in [0.3, 0.4) is 0 Å². The fourth-order valence-corrected chi connectivity index (χ4v) is 3.95. The molecule has 0 spiro atoms. The van der Waals surface area contributed by atoms with Crippen LogP contribution in [0.5, 0.6) is 0 Å². The largest absolute Gasteiger partial charge is 0.378 e. The topological polar surface area (TPSA) is 98.8 Å². The van der Waals surface area contributed by atoms with Gasteiger partial charge in [-0.3, -0.25) is 4.68 Å². The molecule has 0 aliphatic carbocycles. The number of benzene rings is 2. The molecule has 3 aromatic heterocycles. The van der Waals surface area contributed by atoms with Gasteiger partial charge in [0.15, 0.2) is 0 Å². The summed E-state index contributed by atoms with van der Waals surface area (Å²) in [5, 5.41) is 13.1. The van der Waals surface area contributed by atoms with Gasteiger partial charge in [0.25, 0.3) is 0 Å². The zero-order chi connectivity index (χ0) is 22.9. The van der Waals surface area contributed by atoms with Gasteiger partial charge in [0.2, 0.25) is 11.9 Å². The van der Waals surface area contributed by atoms with Gasteiger partial charge in [-0.15, -0.1) is 17.5 Å². The molecule has 0 atom stereocenters. The van der Waals surface area contributed by atoms with Gasteiger partial charge in [0, 0.05) is 49.2 Å². The number of nitrogens with zero attached hydrogens (tertiary/aromatic N) is 8. The first-order valence-electron chi connectivity index (χ1n) is 11.1. The maximum atomic E-state index is 5.40. The maximum absolute atomic E-state index is 5.40. The Kier molecular flexibility index (Phi) is 6.30. The molecule has 10 nitrogen and oxygen atoms in total. The van der Waals surface area contributed by atoms with Crippen LogP contribution in [0.2, 0.25) is 0 Å². The van der Waals surface area contributed by atoms with E-state index in [1.807, 2.05) is 56.0 Å². The lowest BCUT2D eigenvalue weighted by molar-refractivity contribution is 0.122. The minimum Gasteiger partial charge on any atom is -0.378 e. The zero-order valence-electron chi connectivity index (χ0n) is 19.1. The van der Waals surface area contributed by atoms with Crippen molar-refractivity contribution in [2.24, 2.45) is 7.05 Å². The summed E-state index contributed by atoms with van der Waals surface area (Å²) in [5.41, 5.74) is 4.81. The van der Waals surface area contributed by atoms with Crippen LogP contribution in [0.1, 0.15) is 0 Å². The Morgan fingerprint density at radius 1 is 0.943 bits per heavy atom. The average molecular weight is 490 g/mol. The van der Waals surface area contributed by atoms with Crippen LogP contribution in [0, 0.1) is 0 Å². The second-order valence-corrected chi connectivity index (χ2v) is 8.13. The molecule has 0 radical (unpaired) electrons. The highest BCUT2D eigenvalue weighted by atomic mass is 35.5. The quantitative estimate of drug-likeness (QED) is 0.399. The van der Waals surface area contributed by atoms with E-state index in [9.17, 15) is 0 Å². The predicted molar refractivity (Wildman–Crippen MR) is 137 cm³/mol. The van der Waals surface area contributed by atoms with Gasteiger partial charge < -0.3 is 15.0 Å². The van der Waals surface area contributed by atoms with Crippen LogP contribution in [0.4, 0.5) is 17.6 Å². The molecule has 1 N–H and O–H groups in total. The van der Waals surface area contributed by atoms with E-state index in [4.69, 9.17) is 9.72 Å². The Morgan fingerprint density at radius 3 is 2.54 bits per heavy atom. The molecule has 1 aliphatic rings. The molecule has 0 amide bonds. The smallest absolute Gasteiger partial charge is 0.245 e. The molecule has 5 aromatic rings. The second-order valence-electron chi connectivity index (χ2n) is 8.13. The van der Waals surface area contributed by atoms with Crippen molar-refractivity contribution in [3.05, 3.63) is 67.4 Å². The molecule has 178 valence electrons. The number of hydrogen-bond donors (Lipinski definition) is 1. The number of halogens is 1. The Labute approximate surface area is 208 Å². The second kappa shape index (κ2) is 9.69. The highest BCUT2D eigenvalue weighted by Crippen LogP contribution is 2.24. The van der Waals surface area contributed by atoms with Crippen LogP contribution in [-0.2, 0) is 11.8 Å². The van der Waals surface area contributed by atoms with Crippen molar-refractivity contribution in [1.29, 1.82) is 0 Å². The fourth-order valence-electron chi connectivity index (χ4n) is 3.95. The van der Waals surface area contributed by atoms with E-state index in [1.165, 1.54) is 0 Å². The summed E-state index contributed by atoms with van der Waals surface area (Å²) in [6, 6.07) is 14.1. The third-order valence-electron chi connectivity index (χ3n) is 5.78. The Morgan fingerprint density at radius 2 is 1.77 bits per heavy atom. The summed E-state index contributed by atoms with van der Waals surface area (Å²) in [4.78, 5) is 15.7. The Hall–Kier alpha value is -4.02. The van der Waals surface area contributed by atoms with Gasteiger partial charge in [0.05, 0.1) is 30.6 Å². The Bertz CT molecular complexity index is 1440. The molecule has 35 heavy (non-hydrogen) atoms. The molecule has 6 rings (SSSR count). The van der Waals surface area contributed by atoms with E-state index in [0.717, 1.165) is 52.4 Å². The standard InChI is InChI=1S/C24H23N9O.ClH/c1-31-15-19(14-27-31)17-2-3-18-13-25-23(29-22(18)12-17)28-20-4-6-21(7-5-20)33-16-26-24(30-33)32-8-10-34-11-9-32;/h2-7,12-16H,8-11H2,1H3,(H,25,28,29);1H. The average Bonchev–Trinajstić information content (AvgIpc) is 3.54. The first kappa shape index (κ1) is 22.8. The summed E-state index contributed by atoms with van der Waals surface area (Å²) in [6.07, 6.45) is 7.40. The highest BCUT2D eigenvalue weighted by molar-refractivity contribution is 5.85. The van der Waals surface area contributed by atoms with E-state index in [0.29, 0.717) is 19.2 Å². The lowest BCUT2D eigenvalue weighted by atomic mass is 10.1. The van der Waals surface area contributed by atoms with E-state index in [-0.39, 0.29) is 12.4 Å². The first-order chi connectivity index (χ1) is 16.7. The van der Waals surface area contributed by atoms with Crippen molar-refractivity contribution in [3.63, 3.8) is 0 Å². The van der Waals surface area contributed by atoms with Gasteiger partial charge in [-0.25, -0.2) is 14.6 Å². The molecule has 4 heterocycles. The molecular formula is C24H24ClN9O. The first-order valence-corrected chi connectivity index (χ1v) is 11.1. The number of anilines is 3. The molecule has 0 bridgehead atoms. The molecule has 1 fully saturated rings. The summed E-state index contributed by atoms with van der Waals surface area (Å²) >= 11 is 0. The minimum atomic E-state index is 0. The van der Waals surface area contributed by atoms with Crippen LogP contribution in [0.25, 0.3) is 27.7 Å². The van der Waals surface area contributed by atoms with Crippen LogP contribution < -0.4 is 10.2 Å². The van der Waals surface area contributed by atoms with Crippen LogP contribution in [0.15, 0.2) is 67.4 Å². The number of aromatic nitrogens is 7. The molecular weight excluding hydrogens is 466 g/mol. The molecule has 1 aliphatic heterocycles. The highest BCUT2D eigenvalue weighted by Gasteiger charge is 2.15.